The smallest absolute Gasteiger partial charge is 0.416 e. The molecule has 0 amide bonds. The number of H-pyrrole nitrogens is 1. The molecule has 0 aliphatic carbocycles. The second kappa shape index (κ2) is 6.62. The first kappa shape index (κ1) is 18.2. The molecule has 0 saturated heterocycles. The van der Waals surface area contributed by atoms with Crippen LogP contribution in [0, 0.1) is 0 Å². The molecule has 2 heterocycles. The third kappa shape index (κ3) is 2.97. The molecule has 0 saturated carbocycles. The third-order valence-electron chi connectivity index (χ3n) is 5.29. The maximum Gasteiger partial charge on any atom is 0.416 e. The predicted molar refractivity (Wildman–Crippen MR) is 110 cm³/mol. The van der Waals surface area contributed by atoms with Crippen molar-refractivity contribution >= 4 is 34.0 Å². The molecule has 4 aromatic rings. The zero-order valence-corrected chi connectivity index (χ0v) is 15.6. The number of fused-ring (bicyclic) bond motifs is 2. The second-order valence-corrected chi connectivity index (χ2v) is 7.13. The Hall–Kier alpha value is -3.80. The van der Waals surface area contributed by atoms with Crippen molar-refractivity contribution in [3.8, 4) is 5.75 Å². The molecular formula is C24H16F3N2O+. The summed E-state index contributed by atoms with van der Waals surface area (Å²) in [6.07, 6.45) is -0.701. The third-order valence-corrected chi connectivity index (χ3v) is 5.29. The van der Waals surface area contributed by atoms with E-state index >= 15 is 0 Å². The van der Waals surface area contributed by atoms with Gasteiger partial charge in [0.15, 0.2) is 6.21 Å². The summed E-state index contributed by atoms with van der Waals surface area (Å²) >= 11 is 0. The van der Waals surface area contributed by atoms with Crippen LogP contribution >= 0.6 is 0 Å². The van der Waals surface area contributed by atoms with Crippen molar-refractivity contribution in [1.29, 1.82) is 0 Å². The normalized spacial score (nSPS) is 14.9. The molecular weight excluding hydrogens is 389 g/mol. The lowest BCUT2D eigenvalue weighted by Crippen LogP contribution is -2.58. The monoisotopic (exact) mass is 405 g/mol. The van der Waals surface area contributed by atoms with Gasteiger partial charge in [0.2, 0.25) is 5.69 Å². The van der Waals surface area contributed by atoms with Crippen LogP contribution in [0.2, 0.25) is 0 Å². The Morgan fingerprint density at radius 2 is 1.70 bits per heavy atom. The second-order valence-electron chi connectivity index (χ2n) is 7.13. The molecule has 0 radical (unpaired) electrons. The average Bonchev–Trinajstić information content (AvgIpc) is 3.33. The fourth-order valence-electron chi connectivity index (χ4n) is 3.88. The van der Waals surface area contributed by atoms with Gasteiger partial charge in [0.05, 0.1) is 16.7 Å². The van der Waals surface area contributed by atoms with Crippen LogP contribution in [0.25, 0.3) is 22.0 Å². The summed E-state index contributed by atoms with van der Waals surface area (Å²) in [4.78, 5) is 6.40. The van der Waals surface area contributed by atoms with E-state index in [2.05, 4.69) is 9.98 Å². The summed E-state index contributed by atoms with van der Waals surface area (Å²) in [6, 6.07) is 18.0. The average molecular weight is 405 g/mol. The van der Waals surface area contributed by atoms with E-state index in [0.29, 0.717) is 5.56 Å². The van der Waals surface area contributed by atoms with Gasteiger partial charge in [-0.25, -0.2) is 4.99 Å². The van der Waals surface area contributed by atoms with Gasteiger partial charge in [-0.1, -0.05) is 24.3 Å². The first-order valence-electron chi connectivity index (χ1n) is 9.33. The fraction of sp³-hybridized carbons (Fsp3) is 0.0417. The Balaban J connectivity index is 1.78. The van der Waals surface area contributed by atoms with Crippen molar-refractivity contribution < 1.29 is 23.3 Å². The van der Waals surface area contributed by atoms with Gasteiger partial charge < -0.3 is 10.1 Å². The van der Waals surface area contributed by atoms with E-state index in [0.717, 1.165) is 51.0 Å². The number of hydrogen-bond donors (Lipinski definition) is 3. The molecule has 5 rings (SSSR count). The van der Waals surface area contributed by atoms with E-state index in [1.54, 1.807) is 18.2 Å². The number of halogens is 3. The maximum absolute atomic E-state index is 13.1. The fourth-order valence-corrected chi connectivity index (χ4v) is 3.88. The number of phenols is 1. The van der Waals surface area contributed by atoms with E-state index in [1.807, 2.05) is 36.7 Å². The van der Waals surface area contributed by atoms with E-state index in [9.17, 15) is 18.3 Å². The standard InChI is InChI=1S/C24H15F3N2O/c25-24(26,27)15-7-5-14(6-8-15)23(19-12-28-21-4-2-1-3-17(19)21)20-13-29-22-11-16(30)9-10-18(20)22/h1-13,29-30H/p+1/b23-19+. The summed E-state index contributed by atoms with van der Waals surface area (Å²) in [7, 11) is 0. The lowest BCUT2D eigenvalue weighted by molar-refractivity contribution is -0.342. The Morgan fingerprint density at radius 3 is 2.47 bits per heavy atom. The molecule has 3 N–H and O–H groups in total. The van der Waals surface area contributed by atoms with E-state index < -0.39 is 11.7 Å². The SMILES string of the molecule is Oc1ccc2c(/C(=C3\C=[NH+]c4ccccc43)c3ccc(C(F)(F)F)cc3)c[nH]c2c1. The number of rotatable bonds is 2. The van der Waals surface area contributed by atoms with Crippen LogP contribution in [0.4, 0.5) is 18.9 Å². The molecule has 30 heavy (non-hydrogen) atoms. The largest absolute Gasteiger partial charge is 0.508 e. The van der Waals surface area contributed by atoms with Crippen LogP contribution in [-0.4, -0.2) is 16.3 Å². The van der Waals surface area contributed by atoms with Crippen molar-refractivity contribution in [1.82, 2.24) is 4.98 Å². The number of aromatic nitrogens is 1. The Kier molecular flexibility index (Phi) is 4.03. The molecule has 3 nitrogen and oxygen atoms in total. The number of allylic oxidation sites excluding steroid dienone is 1. The summed E-state index contributed by atoms with van der Waals surface area (Å²) in [5, 5.41) is 10.7. The Bertz CT molecular complexity index is 1330. The molecule has 0 atom stereocenters. The van der Waals surface area contributed by atoms with Gasteiger partial charge in [0, 0.05) is 40.4 Å². The van der Waals surface area contributed by atoms with Gasteiger partial charge in [-0.2, -0.15) is 13.2 Å². The highest BCUT2D eigenvalue weighted by molar-refractivity contribution is 6.24. The molecule has 6 heteroatoms. The summed E-state index contributed by atoms with van der Waals surface area (Å²) in [6.45, 7) is 0. The van der Waals surface area contributed by atoms with Crippen LogP contribution in [0.1, 0.15) is 22.3 Å². The highest BCUT2D eigenvalue weighted by Gasteiger charge is 2.31. The van der Waals surface area contributed by atoms with Crippen molar-refractivity contribution in [3.63, 3.8) is 0 Å². The van der Waals surface area contributed by atoms with Crippen LogP contribution in [-0.2, 0) is 6.18 Å². The van der Waals surface area contributed by atoms with E-state index in [4.69, 9.17) is 0 Å². The summed E-state index contributed by atoms with van der Waals surface area (Å²) in [5.74, 6) is 0.138. The minimum Gasteiger partial charge on any atom is -0.508 e. The number of nitrogens with one attached hydrogen (secondary N) is 2. The molecule has 0 fully saturated rings. The van der Waals surface area contributed by atoms with Crippen molar-refractivity contribution in [2.75, 3.05) is 0 Å². The van der Waals surface area contributed by atoms with Gasteiger partial charge in [-0.3, -0.25) is 0 Å². The Labute approximate surface area is 169 Å². The number of hydrogen-bond acceptors (Lipinski definition) is 1. The van der Waals surface area contributed by atoms with Gasteiger partial charge in [-0.15, -0.1) is 0 Å². The van der Waals surface area contributed by atoms with Crippen molar-refractivity contribution in [2.24, 2.45) is 0 Å². The van der Waals surface area contributed by atoms with E-state index in [-0.39, 0.29) is 5.75 Å². The number of benzene rings is 3. The molecule has 3 aromatic carbocycles. The van der Waals surface area contributed by atoms with Crippen LogP contribution in [0.3, 0.4) is 0 Å². The zero-order chi connectivity index (χ0) is 20.9. The minimum atomic E-state index is -4.39. The first-order chi connectivity index (χ1) is 14.4. The number of aromatic hydroxyl groups is 1. The number of aromatic amines is 1. The molecule has 1 aliphatic heterocycles. The van der Waals surface area contributed by atoms with Crippen LogP contribution in [0.5, 0.6) is 5.75 Å². The van der Waals surface area contributed by atoms with Gasteiger partial charge in [0.1, 0.15) is 5.75 Å². The van der Waals surface area contributed by atoms with Crippen molar-refractivity contribution in [2.45, 2.75) is 6.18 Å². The van der Waals surface area contributed by atoms with Crippen LogP contribution < -0.4 is 4.99 Å². The zero-order valence-electron chi connectivity index (χ0n) is 15.6. The summed E-state index contributed by atoms with van der Waals surface area (Å²) < 4.78 is 39.2. The molecule has 148 valence electrons. The van der Waals surface area contributed by atoms with Gasteiger partial charge in [0.25, 0.3) is 0 Å². The lowest BCUT2D eigenvalue weighted by atomic mass is 9.89. The minimum absolute atomic E-state index is 0.138. The predicted octanol–water partition coefficient (Wildman–Crippen LogP) is 4.65. The quantitative estimate of drug-likeness (QED) is 0.447. The number of alkyl halides is 3. The van der Waals surface area contributed by atoms with Gasteiger partial charge in [-0.05, 0) is 35.9 Å². The highest BCUT2D eigenvalue weighted by Crippen LogP contribution is 2.39. The molecule has 0 unspecified atom stereocenters. The Morgan fingerprint density at radius 1 is 0.933 bits per heavy atom. The molecule has 0 bridgehead atoms. The number of para-hydroxylation sites is 1. The summed E-state index contributed by atoms with van der Waals surface area (Å²) in [5.41, 5.74) is 5.17. The molecule has 1 aromatic heterocycles. The van der Waals surface area contributed by atoms with Gasteiger partial charge >= 0.3 is 6.18 Å². The molecule has 0 spiro atoms. The lowest BCUT2D eigenvalue weighted by Gasteiger charge is -2.12. The molecule has 1 aliphatic rings. The van der Waals surface area contributed by atoms with Crippen LogP contribution in [0.15, 0.2) is 72.9 Å². The maximum atomic E-state index is 13.1. The van der Waals surface area contributed by atoms with E-state index in [1.165, 1.54) is 12.1 Å². The first-order valence-corrected chi connectivity index (χ1v) is 9.33. The highest BCUT2D eigenvalue weighted by atomic mass is 19.4. The van der Waals surface area contributed by atoms with Crippen molar-refractivity contribution in [3.05, 3.63) is 95.2 Å². The number of phenolic OH excluding ortho intramolecular Hbond substituents is 1. The topological polar surface area (TPSA) is 50.0 Å².